The fraction of sp³-hybridized carbons (Fsp3) is 0.333. The molecular weight excluding hydrogens is 530 g/mol. The molecule has 4 rings (SSSR count). The molecule has 0 aliphatic carbocycles. The van der Waals surface area contributed by atoms with Crippen LogP contribution in [0.1, 0.15) is 54.9 Å². The fourth-order valence-corrected chi connectivity index (χ4v) is 5.13. The number of ether oxygens (including phenoxy) is 1. The Kier molecular flexibility index (Phi) is 10.8. The fourth-order valence-electron chi connectivity index (χ4n) is 5.13. The number of likely N-dealkylation sites (tertiary alicyclic amines) is 1. The Hall–Kier alpha value is -4.50. The Labute approximate surface area is 247 Å². The molecule has 0 radical (unpaired) electrons. The largest absolute Gasteiger partial charge is 0.444 e. The van der Waals surface area contributed by atoms with E-state index in [1.54, 1.807) is 31.2 Å². The molecule has 1 heterocycles. The number of amides is 3. The van der Waals surface area contributed by atoms with Crippen LogP contribution in [0.15, 0.2) is 84.9 Å². The molecule has 3 aromatic carbocycles. The van der Waals surface area contributed by atoms with Gasteiger partial charge in [-0.2, -0.15) is 0 Å². The molecule has 4 N–H and O–H groups in total. The van der Waals surface area contributed by atoms with Gasteiger partial charge in [-0.1, -0.05) is 91.9 Å². The number of rotatable bonds is 10. The van der Waals surface area contributed by atoms with Crippen molar-refractivity contribution in [1.29, 1.82) is 5.41 Å². The van der Waals surface area contributed by atoms with E-state index in [-0.39, 0.29) is 36.8 Å². The Morgan fingerprint density at radius 1 is 0.952 bits per heavy atom. The van der Waals surface area contributed by atoms with Gasteiger partial charge in [0.05, 0.1) is 6.04 Å². The van der Waals surface area contributed by atoms with E-state index in [1.165, 1.54) is 5.56 Å². The maximum absolute atomic E-state index is 13.2. The molecule has 0 bridgehead atoms. The molecular formula is C33H39N5O4. The molecule has 0 unspecified atom stereocenters. The quantitative estimate of drug-likeness (QED) is 0.214. The van der Waals surface area contributed by atoms with Crippen molar-refractivity contribution in [2.75, 3.05) is 13.1 Å². The molecule has 9 heteroatoms. The van der Waals surface area contributed by atoms with Crippen molar-refractivity contribution >= 4 is 23.7 Å². The van der Waals surface area contributed by atoms with Crippen LogP contribution in [0.5, 0.6) is 0 Å². The van der Waals surface area contributed by atoms with Gasteiger partial charge in [0.15, 0.2) is 0 Å². The molecule has 3 amide bonds. The molecule has 220 valence electrons. The average Bonchev–Trinajstić information content (AvgIpc) is 3.03. The van der Waals surface area contributed by atoms with E-state index >= 15 is 0 Å². The van der Waals surface area contributed by atoms with Crippen molar-refractivity contribution in [3.8, 4) is 0 Å². The highest BCUT2D eigenvalue weighted by atomic mass is 16.5. The summed E-state index contributed by atoms with van der Waals surface area (Å²) in [6, 6.07) is 25.5. The lowest BCUT2D eigenvalue weighted by molar-refractivity contribution is -0.132. The van der Waals surface area contributed by atoms with E-state index in [0.717, 1.165) is 37.1 Å². The zero-order valence-electron chi connectivity index (χ0n) is 24.1. The van der Waals surface area contributed by atoms with E-state index < -0.39 is 12.1 Å². The summed E-state index contributed by atoms with van der Waals surface area (Å²) in [7, 11) is 0. The zero-order chi connectivity index (χ0) is 29.9. The number of piperidine rings is 1. The summed E-state index contributed by atoms with van der Waals surface area (Å²) in [6.45, 7) is 5.74. The van der Waals surface area contributed by atoms with Crippen LogP contribution in [-0.2, 0) is 27.5 Å². The minimum atomic E-state index is -0.706. The van der Waals surface area contributed by atoms with Gasteiger partial charge in [0.25, 0.3) is 0 Å². The number of carbonyl (C=O) groups excluding carboxylic acids is 3. The molecule has 42 heavy (non-hydrogen) atoms. The van der Waals surface area contributed by atoms with Crippen LogP contribution in [0.2, 0.25) is 0 Å². The summed E-state index contributed by atoms with van der Waals surface area (Å²) in [5, 5.41) is 16.4. The number of amidine groups is 1. The Morgan fingerprint density at radius 3 is 2.29 bits per heavy atom. The second kappa shape index (κ2) is 14.9. The minimum Gasteiger partial charge on any atom is -0.444 e. The first-order valence-electron chi connectivity index (χ1n) is 14.4. The van der Waals surface area contributed by atoms with E-state index in [9.17, 15) is 14.4 Å². The highest BCUT2D eigenvalue weighted by Gasteiger charge is 2.34. The van der Waals surface area contributed by atoms with Gasteiger partial charge < -0.3 is 15.4 Å². The van der Waals surface area contributed by atoms with E-state index in [1.807, 2.05) is 48.5 Å². The highest BCUT2D eigenvalue weighted by molar-refractivity contribution is 6.04. The van der Waals surface area contributed by atoms with E-state index in [0.29, 0.717) is 11.5 Å². The number of hydrogen-bond donors (Lipinski definition) is 4. The van der Waals surface area contributed by atoms with Crippen LogP contribution in [0, 0.1) is 5.41 Å². The molecule has 0 aromatic heterocycles. The number of alkyl carbamates (subject to hydrolysis) is 1. The van der Waals surface area contributed by atoms with Crippen molar-refractivity contribution in [3.05, 3.63) is 107 Å². The Morgan fingerprint density at radius 2 is 1.62 bits per heavy atom. The van der Waals surface area contributed by atoms with Gasteiger partial charge in [-0.25, -0.2) is 4.79 Å². The molecule has 1 aliphatic heterocycles. The van der Waals surface area contributed by atoms with Gasteiger partial charge in [-0.05, 0) is 55.5 Å². The molecule has 1 saturated heterocycles. The number of benzene rings is 3. The maximum Gasteiger partial charge on any atom is 0.413 e. The van der Waals surface area contributed by atoms with Gasteiger partial charge in [0, 0.05) is 12.1 Å². The molecule has 3 aromatic rings. The van der Waals surface area contributed by atoms with Crippen molar-refractivity contribution in [1.82, 2.24) is 20.9 Å². The van der Waals surface area contributed by atoms with Gasteiger partial charge in [0.2, 0.25) is 11.8 Å². The standard InChI is InChI=1S/C33H39N5O4/c1-3-38-19-18-28(26-12-8-5-9-13-26)20-29(38)32(40)36-23(2)31(39)35-21-24-14-16-27(17-15-24)30(34)37-33(41)42-22-25-10-6-4-7-11-25/h4-17,23,28-29H,3,18-22H2,1-2H3,(H,35,39)(H,36,40)(H2,34,37,41)/t23-,28-,29+/m0/s1. The Balaban J connectivity index is 1.22. The van der Waals surface area contributed by atoms with Crippen LogP contribution in [-0.4, -0.2) is 53.8 Å². The van der Waals surface area contributed by atoms with Crippen LogP contribution in [0.3, 0.4) is 0 Å². The molecule has 3 atom stereocenters. The van der Waals surface area contributed by atoms with Gasteiger partial charge in [0.1, 0.15) is 18.5 Å². The molecule has 0 saturated carbocycles. The van der Waals surface area contributed by atoms with Gasteiger partial charge in [-0.3, -0.25) is 25.2 Å². The average molecular weight is 570 g/mol. The summed E-state index contributed by atoms with van der Waals surface area (Å²) < 4.78 is 5.16. The first-order chi connectivity index (χ1) is 20.3. The molecule has 9 nitrogen and oxygen atoms in total. The van der Waals surface area contributed by atoms with Crippen molar-refractivity contribution in [2.45, 2.75) is 57.8 Å². The zero-order valence-corrected chi connectivity index (χ0v) is 24.1. The summed E-state index contributed by atoms with van der Waals surface area (Å²) in [5.41, 5.74) is 3.43. The first-order valence-corrected chi connectivity index (χ1v) is 14.4. The predicted octanol–water partition coefficient (Wildman–Crippen LogP) is 4.33. The lowest BCUT2D eigenvalue weighted by Gasteiger charge is -2.38. The van der Waals surface area contributed by atoms with Gasteiger partial charge in [-0.15, -0.1) is 0 Å². The third-order valence-electron chi connectivity index (χ3n) is 7.59. The minimum absolute atomic E-state index is 0.0849. The normalized spacial score (nSPS) is 17.5. The van der Waals surface area contributed by atoms with Crippen LogP contribution in [0.25, 0.3) is 0 Å². The second-order valence-corrected chi connectivity index (χ2v) is 10.5. The molecule has 0 spiro atoms. The highest BCUT2D eigenvalue weighted by Crippen LogP contribution is 2.31. The SMILES string of the molecule is CCN1CC[C@H](c2ccccc2)C[C@@H]1C(=O)N[C@@H](C)C(=O)NCc1ccc(C(=N)NC(=O)OCc2ccccc2)cc1. The third kappa shape index (κ3) is 8.50. The van der Waals surface area contributed by atoms with Crippen molar-refractivity contribution in [2.24, 2.45) is 0 Å². The van der Waals surface area contributed by atoms with Crippen molar-refractivity contribution in [3.63, 3.8) is 0 Å². The van der Waals surface area contributed by atoms with E-state index in [2.05, 4.69) is 39.9 Å². The molecule has 1 aliphatic rings. The first kappa shape index (κ1) is 30.5. The lowest BCUT2D eigenvalue weighted by atomic mass is 9.85. The van der Waals surface area contributed by atoms with Crippen LogP contribution in [0.4, 0.5) is 4.79 Å². The number of nitrogens with one attached hydrogen (secondary N) is 4. The Bertz CT molecular complexity index is 1350. The second-order valence-electron chi connectivity index (χ2n) is 10.5. The van der Waals surface area contributed by atoms with Gasteiger partial charge >= 0.3 is 6.09 Å². The summed E-state index contributed by atoms with van der Waals surface area (Å²) >= 11 is 0. The summed E-state index contributed by atoms with van der Waals surface area (Å²) in [6.07, 6.45) is 1.02. The van der Waals surface area contributed by atoms with Crippen molar-refractivity contribution < 1.29 is 19.1 Å². The van der Waals surface area contributed by atoms with Crippen LogP contribution < -0.4 is 16.0 Å². The number of carbonyl (C=O) groups is 3. The monoisotopic (exact) mass is 569 g/mol. The number of hydrogen-bond acceptors (Lipinski definition) is 6. The lowest BCUT2D eigenvalue weighted by Crippen LogP contribution is -2.54. The maximum atomic E-state index is 13.2. The summed E-state index contributed by atoms with van der Waals surface area (Å²) in [4.78, 5) is 40.3. The van der Waals surface area contributed by atoms with Crippen LogP contribution >= 0.6 is 0 Å². The smallest absolute Gasteiger partial charge is 0.413 e. The predicted molar refractivity (Wildman–Crippen MR) is 162 cm³/mol. The molecule has 1 fully saturated rings. The number of likely N-dealkylation sites (N-methyl/N-ethyl adjacent to an activating group) is 1. The summed E-state index contributed by atoms with van der Waals surface area (Å²) in [5.74, 6) is -0.175. The number of nitrogens with zero attached hydrogens (tertiary/aromatic N) is 1. The topological polar surface area (TPSA) is 124 Å². The van der Waals surface area contributed by atoms with E-state index in [4.69, 9.17) is 10.1 Å². The third-order valence-corrected chi connectivity index (χ3v) is 7.59.